The molecule has 1 rings (SSSR count). The number of aliphatic carboxylic acids is 1. The van der Waals surface area contributed by atoms with Gasteiger partial charge in [0, 0.05) is 19.5 Å². The van der Waals surface area contributed by atoms with Crippen LogP contribution in [0.3, 0.4) is 0 Å². The lowest BCUT2D eigenvalue weighted by molar-refractivity contribution is -0.143. The smallest absolute Gasteiger partial charge is 0.308 e. The van der Waals surface area contributed by atoms with Crippen molar-refractivity contribution in [3.8, 4) is 0 Å². The first-order valence-corrected chi connectivity index (χ1v) is 5.75. The second-order valence-electron chi connectivity index (χ2n) is 4.40. The van der Waals surface area contributed by atoms with Gasteiger partial charge in [0.15, 0.2) is 0 Å². The van der Waals surface area contributed by atoms with Crippen LogP contribution in [0.2, 0.25) is 0 Å². The fraction of sp³-hybridized carbons (Fsp3) is 0.818. The summed E-state index contributed by atoms with van der Waals surface area (Å²) in [6, 6.07) is 0. The first-order chi connectivity index (χ1) is 7.54. The fourth-order valence-electron chi connectivity index (χ4n) is 1.68. The Morgan fingerprint density at radius 2 is 2.12 bits per heavy atom. The Kier molecular flexibility index (Phi) is 4.73. The van der Waals surface area contributed by atoms with Gasteiger partial charge in [-0.05, 0) is 25.9 Å². The molecule has 0 aliphatic carbocycles. The molecule has 1 amide bonds. The maximum atomic E-state index is 11.8. The first kappa shape index (κ1) is 13.0. The number of amides is 1. The topological polar surface area (TPSA) is 69.6 Å². The van der Waals surface area contributed by atoms with Crippen LogP contribution in [-0.4, -0.2) is 48.1 Å². The van der Waals surface area contributed by atoms with E-state index in [0.717, 1.165) is 13.1 Å². The van der Waals surface area contributed by atoms with Crippen molar-refractivity contribution in [3.63, 3.8) is 0 Å². The number of carbonyl (C=O) groups is 2. The zero-order valence-corrected chi connectivity index (χ0v) is 9.90. The molecular formula is C11H20N2O3. The molecule has 2 N–H and O–H groups in total. The summed E-state index contributed by atoms with van der Waals surface area (Å²) in [6.07, 6.45) is 0.535. The van der Waals surface area contributed by atoms with E-state index in [4.69, 9.17) is 5.11 Å². The van der Waals surface area contributed by atoms with Crippen LogP contribution < -0.4 is 5.32 Å². The quantitative estimate of drug-likeness (QED) is 0.679. The first-order valence-electron chi connectivity index (χ1n) is 5.75. The van der Waals surface area contributed by atoms with Crippen molar-refractivity contribution in [2.75, 3.05) is 26.2 Å². The number of nitrogens with zero attached hydrogens (tertiary/aromatic N) is 1. The molecule has 0 saturated carbocycles. The molecule has 1 saturated heterocycles. The fourth-order valence-corrected chi connectivity index (χ4v) is 1.68. The van der Waals surface area contributed by atoms with E-state index < -0.39 is 11.9 Å². The van der Waals surface area contributed by atoms with Gasteiger partial charge in [0.25, 0.3) is 0 Å². The highest BCUT2D eigenvalue weighted by atomic mass is 16.4. The van der Waals surface area contributed by atoms with Gasteiger partial charge in [-0.3, -0.25) is 9.59 Å². The highest BCUT2D eigenvalue weighted by molar-refractivity contribution is 5.77. The van der Waals surface area contributed by atoms with Crippen LogP contribution in [0.5, 0.6) is 0 Å². The third kappa shape index (κ3) is 3.48. The van der Waals surface area contributed by atoms with E-state index in [0.29, 0.717) is 25.4 Å². The number of nitrogens with one attached hydrogen (secondary N) is 1. The Hall–Kier alpha value is -1.10. The van der Waals surface area contributed by atoms with Crippen LogP contribution in [0.1, 0.15) is 20.3 Å². The van der Waals surface area contributed by atoms with Gasteiger partial charge in [0.2, 0.25) is 5.91 Å². The zero-order valence-electron chi connectivity index (χ0n) is 9.90. The Labute approximate surface area is 95.8 Å². The average molecular weight is 228 g/mol. The van der Waals surface area contributed by atoms with Gasteiger partial charge < -0.3 is 15.3 Å². The molecule has 1 atom stereocenters. The minimum absolute atomic E-state index is 0.0714. The molecule has 1 aliphatic rings. The van der Waals surface area contributed by atoms with Crippen molar-refractivity contribution in [3.05, 3.63) is 0 Å². The van der Waals surface area contributed by atoms with E-state index >= 15 is 0 Å². The van der Waals surface area contributed by atoms with Gasteiger partial charge in [0.05, 0.1) is 5.92 Å². The number of carbonyl (C=O) groups excluding carboxylic acids is 1. The molecule has 5 nitrogen and oxygen atoms in total. The predicted octanol–water partition coefficient (Wildman–Crippen LogP) is 0.165. The van der Waals surface area contributed by atoms with Crippen molar-refractivity contribution >= 4 is 11.9 Å². The van der Waals surface area contributed by atoms with Gasteiger partial charge in [-0.15, -0.1) is 0 Å². The molecule has 0 aromatic heterocycles. The molecule has 92 valence electrons. The average Bonchev–Trinajstić information content (AvgIpc) is 2.18. The Morgan fingerprint density at radius 3 is 2.50 bits per heavy atom. The van der Waals surface area contributed by atoms with E-state index in [1.807, 2.05) is 6.92 Å². The maximum Gasteiger partial charge on any atom is 0.308 e. The minimum Gasteiger partial charge on any atom is -0.481 e. The Bertz CT molecular complexity index is 264. The second-order valence-corrected chi connectivity index (χ2v) is 4.40. The van der Waals surface area contributed by atoms with Crippen molar-refractivity contribution in [2.45, 2.75) is 20.3 Å². The molecule has 0 spiro atoms. The largest absolute Gasteiger partial charge is 0.481 e. The molecule has 1 heterocycles. The van der Waals surface area contributed by atoms with Gasteiger partial charge in [-0.25, -0.2) is 0 Å². The van der Waals surface area contributed by atoms with Crippen LogP contribution in [0, 0.1) is 11.8 Å². The van der Waals surface area contributed by atoms with Crippen molar-refractivity contribution in [1.82, 2.24) is 10.2 Å². The van der Waals surface area contributed by atoms with Crippen LogP contribution in [0.15, 0.2) is 0 Å². The molecule has 1 unspecified atom stereocenters. The number of hydrogen-bond acceptors (Lipinski definition) is 3. The Morgan fingerprint density at radius 1 is 1.50 bits per heavy atom. The predicted molar refractivity (Wildman–Crippen MR) is 60.0 cm³/mol. The van der Waals surface area contributed by atoms with E-state index in [1.165, 1.54) is 0 Å². The van der Waals surface area contributed by atoms with Gasteiger partial charge >= 0.3 is 5.97 Å². The lowest BCUT2D eigenvalue weighted by Crippen LogP contribution is -2.46. The molecule has 1 aliphatic heterocycles. The van der Waals surface area contributed by atoms with Crippen molar-refractivity contribution in [1.29, 1.82) is 0 Å². The molecule has 5 heteroatoms. The van der Waals surface area contributed by atoms with Crippen molar-refractivity contribution in [2.24, 2.45) is 11.8 Å². The van der Waals surface area contributed by atoms with Gasteiger partial charge in [-0.1, -0.05) is 6.92 Å². The summed E-state index contributed by atoms with van der Waals surface area (Å²) < 4.78 is 0. The SMILES string of the molecule is CCN(CC(C)C(=O)O)C(=O)CC1CNC1. The second kappa shape index (κ2) is 5.84. The van der Waals surface area contributed by atoms with Crippen LogP contribution in [0.4, 0.5) is 0 Å². The zero-order chi connectivity index (χ0) is 12.1. The number of carboxylic acids is 1. The summed E-state index contributed by atoms with van der Waals surface area (Å²) in [6.45, 7) is 6.20. The lowest BCUT2D eigenvalue weighted by atomic mass is 9.98. The summed E-state index contributed by atoms with van der Waals surface area (Å²) >= 11 is 0. The molecule has 0 aromatic rings. The monoisotopic (exact) mass is 228 g/mol. The number of rotatable bonds is 6. The van der Waals surface area contributed by atoms with Crippen LogP contribution >= 0.6 is 0 Å². The lowest BCUT2D eigenvalue weighted by Gasteiger charge is -2.30. The number of carboxylic acid groups (broad SMARTS) is 1. The maximum absolute atomic E-state index is 11.8. The molecule has 0 aromatic carbocycles. The molecule has 0 bridgehead atoms. The third-order valence-electron chi connectivity index (χ3n) is 2.98. The van der Waals surface area contributed by atoms with E-state index in [9.17, 15) is 9.59 Å². The van der Waals surface area contributed by atoms with E-state index in [1.54, 1.807) is 11.8 Å². The normalized spacial score (nSPS) is 17.6. The molecule has 1 fully saturated rings. The summed E-state index contributed by atoms with van der Waals surface area (Å²) in [5, 5.41) is 11.9. The third-order valence-corrected chi connectivity index (χ3v) is 2.98. The van der Waals surface area contributed by atoms with Gasteiger partial charge in [-0.2, -0.15) is 0 Å². The van der Waals surface area contributed by atoms with Crippen LogP contribution in [0.25, 0.3) is 0 Å². The minimum atomic E-state index is -0.850. The Balaban J connectivity index is 2.39. The highest BCUT2D eigenvalue weighted by Crippen LogP contribution is 2.11. The summed E-state index contributed by atoms with van der Waals surface area (Å²) in [7, 11) is 0. The van der Waals surface area contributed by atoms with Crippen molar-refractivity contribution < 1.29 is 14.7 Å². The number of hydrogen-bond donors (Lipinski definition) is 2. The molecule has 16 heavy (non-hydrogen) atoms. The summed E-state index contributed by atoms with van der Waals surface area (Å²) in [4.78, 5) is 24.2. The summed E-state index contributed by atoms with van der Waals surface area (Å²) in [5.41, 5.74) is 0. The standard InChI is InChI=1S/C11H20N2O3/c1-3-13(7-8(2)11(15)16)10(14)4-9-5-12-6-9/h8-9,12H,3-7H2,1-2H3,(H,15,16). The van der Waals surface area contributed by atoms with Gasteiger partial charge in [0.1, 0.15) is 0 Å². The van der Waals surface area contributed by atoms with E-state index in [2.05, 4.69) is 5.32 Å². The van der Waals surface area contributed by atoms with E-state index in [-0.39, 0.29) is 5.91 Å². The molecule has 0 radical (unpaired) electrons. The molecular weight excluding hydrogens is 208 g/mol. The summed E-state index contributed by atoms with van der Waals surface area (Å²) in [5.74, 6) is -0.844. The van der Waals surface area contributed by atoms with Crippen LogP contribution in [-0.2, 0) is 9.59 Å². The highest BCUT2D eigenvalue weighted by Gasteiger charge is 2.24.